The Morgan fingerprint density at radius 3 is 1.64 bits per heavy atom. The highest BCUT2D eigenvalue weighted by Crippen LogP contribution is 2.67. The van der Waals surface area contributed by atoms with Crippen molar-refractivity contribution in [2.75, 3.05) is 0 Å². The third kappa shape index (κ3) is 1.19. The summed E-state index contributed by atoms with van der Waals surface area (Å²) in [4.78, 5) is 0. The SMILES string of the molecule is CC1(C)CCC2(CCCCC2)C1(C)C. The monoisotopic (exact) mass is 194 g/mol. The van der Waals surface area contributed by atoms with E-state index in [4.69, 9.17) is 0 Å². The van der Waals surface area contributed by atoms with Gasteiger partial charge in [0.1, 0.15) is 0 Å². The van der Waals surface area contributed by atoms with Gasteiger partial charge < -0.3 is 0 Å². The molecule has 0 aromatic carbocycles. The summed E-state index contributed by atoms with van der Waals surface area (Å²) in [5, 5.41) is 0. The smallest absolute Gasteiger partial charge is 0.0241 e. The standard InChI is InChI=1S/C14H26/c1-12(2)10-11-14(13(12,3)4)8-6-5-7-9-14/h5-11H2,1-4H3. The Labute approximate surface area is 89.5 Å². The summed E-state index contributed by atoms with van der Waals surface area (Å²) in [5.41, 5.74) is 1.82. The van der Waals surface area contributed by atoms with E-state index in [0.717, 1.165) is 0 Å². The van der Waals surface area contributed by atoms with Gasteiger partial charge in [-0.2, -0.15) is 0 Å². The van der Waals surface area contributed by atoms with Crippen LogP contribution in [0.4, 0.5) is 0 Å². The van der Waals surface area contributed by atoms with Gasteiger partial charge in [0.15, 0.2) is 0 Å². The van der Waals surface area contributed by atoms with Gasteiger partial charge in [-0.3, -0.25) is 0 Å². The van der Waals surface area contributed by atoms with Crippen LogP contribution >= 0.6 is 0 Å². The molecule has 0 aliphatic heterocycles. The molecular weight excluding hydrogens is 168 g/mol. The maximum absolute atomic E-state index is 2.53. The van der Waals surface area contributed by atoms with Crippen LogP contribution in [0.5, 0.6) is 0 Å². The number of rotatable bonds is 0. The van der Waals surface area contributed by atoms with Crippen LogP contribution in [0.3, 0.4) is 0 Å². The lowest BCUT2D eigenvalue weighted by molar-refractivity contribution is -0.00424. The molecule has 1 spiro atoms. The Morgan fingerprint density at radius 2 is 1.21 bits per heavy atom. The maximum atomic E-state index is 2.53. The van der Waals surface area contributed by atoms with Gasteiger partial charge >= 0.3 is 0 Å². The van der Waals surface area contributed by atoms with Crippen molar-refractivity contribution in [2.24, 2.45) is 16.2 Å². The minimum absolute atomic E-state index is 0.556. The first kappa shape index (κ1) is 10.5. The molecule has 0 aromatic heterocycles. The molecule has 0 unspecified atom stereocenters. The molecule has 0 N–H and O–H groups in total. The molecule has 2 saturated carbocycles. The Bertz CT molecular complexity index is 216. The van der Waals surface area contributed by atoms with E-state index in [1.165, 1.54) is 44.9 Å². The Balaban J connectivity index is 2.29. The average Bonchev–Trinajstić information content (AvgIpc) is 2.30. The molecule has 0 heteroatoms. The predicted octanol–water partition coefficient (Wildman–Crippen LogP) is 4.78. The molecule has 2 fully saturated rings. The fourth-order valence-electron chi connectivity index (χ4n) is 4.00. The zero-order valence-corrected chi connectivity index (χ0v) is 10.4. The lowest BCUT2D eigenvalue weighted by Crippen LogP contribution is -2.41. The highest BCUT2D eigenvalue weighted by molar-refractivity contribution is 5.07. The van der Waals surface area contributed by atoms with E-state index in [-0.39, 0.29) is 0 Å². The molecule has 0 radical (unpaired) electrons. The van der Waals surface area contributed by atoms with Crippen LogP contribution in [0.25, 0.3) is 0 Å². The number of hydrogen-bond acceptors (Lipinski definition) is 0. The quantitative estimate of drug-likeness (QED) is 0.520. The van der Waals surface area contributed by atoms with Crippen molar-refractivity contribution < 1.29 is 0 Å². The van der Waals surface area contributed by atoms with Crippen molar-refractivity contribution >= 4 is 0 Å². The van der Waals surface area contributed by atoms with Crippen LogP contribution in [-0.2, 0) is 0 Å². The van der Waals surface area contributed by atoms with Crippen LogP contribution in [0.15, 0.2) is 0 Å². The average molecular weight is 194 g/mol. The molecule has 0 nitrogen and oxygen atoms in total. The molecule has 0 saturated heterocycles. The normalized spacial score (nSPS) is 33.4. The van der Waals surface area contributed by atoms with Crippen LogP contribution in [0, 0.1) is 16.2 Å². The van der Waals surface area contributed by atoms with Gasteiger partial charge in [0, 0.05) is 0 Å². The first-order valence-electron chi connectivity index (χ1n) is 6.41. The van der Waals surface area contributed by atoms with Crippen LogP contribution < -0.4 is 0 Å². The van der Waals surface area contributed by atoms with Gasteiger partial charge in [-0.05, 0) is 41.9 Å². The predicted molar refractivity (Wildman–Crippen MR) is 62.3 cm³/mol. The zero-order chi connectivity index (χ0) is 10.4. The lowest BCUT2D eigenvalue weighted by Gasteiger charge is -2.50. The third-order valence-corrected chi connectivity index (χ3v) is 6.06. The molecule has 14 heavy (non-hydrogen) atoms. The van der Waals surface area contributed by atoms with E-state index in [1.807, 2.05) is 0 Å². The summed E-state index contributed by atoms with van der Waals surface area (Å²) in [5.74, 6) is 0. The van der Waals surface area contributed by atoms with Crippen molar-refractivity contribution in [1.29, 1.82) is 0 Å². The second-order valence-electron chi connectivity index (χ2n) is 6.85. The summed E-state index contributed by atoms with van der Waals surface area (Å²) >= 11 is 0. The third-order valence-electron chi connectivity index (χ3n) is 6.06. The first-order valence-corrected chi connectivity index (χ1v) is 6.41. The molecule has 2 aliphatic carbocycles. The largest absolute Gasteiger partial charge is 0.0594 e. The molecule has 2 rings (SSSR count). The van der Waals surface area contributed by atoms with E-state index in [1.54, 1.807) is 0 Å². The Kier molecular flexibility index (Phi) is 2.25. The summed E-state index contributed by atoms with van der Waals surface area (Å²) in [6.07, 6.45) is 10.4. The second kappa shape index (κ2) is 3.00. The fraction of sp³-hybridized carbons (Fsp3) is 1.00. The van der Waals surface area contributed by atoms with E-state index in [9.17, 15) is 0 Å². The van der Waals surface area contributed by atoms with Gasteiger partial charge in [-0.1, -0.05) is 47.0 Å². The molecule has 0 atom stereocenters. The second-order valence-corrected chi connectivity index (χ2v) is 6.85. The fourth-order valence-corrected chi connectivity index (χ4v) is 4.00. The minimum atomic E-state index is 0.556. The van der Waals surface area contributed by atoms with Gasteiger partial charge in [0.05, 0.1) is 0 Å². The summed E-state index contributed by atoms with van der Waals surface area (Å²) in [7, 11) is 0. The molecule has 0 bridgehead atoms. The van der Waals surface area contributed by atoms with E-state index >= 15 is 0 Å². The molecule has 0 heterocycles. The van der Waals surface area contributed by atoms with Crippen molar-refractivity contribution in [3.05, 3.63) is 0 Å². The Hall–Kier alpha value is 0. The van der Waals surface area contributed by atoms with Crippen LogP contribution in [0.1, 0.15) is 72.6 Å². The molecule has 82 valence electrons. The summed E-state index contributed by atoms with van der Waals surface area (Å²) in [6.45, 7) is 10.0. The first-order chi connectivity index (χ1) is 6.41. The van der Waals surface area contributed by atoms with Crippen molar-refractivity contribution in [2.45, 2.75) is 72.6 Å². The Morgan fingerprint density at radius 1 is 0.643 bits per heavy atom. The summed E-state index contributed by atoms with van der Waals surface area (Å²) in [6, 6.07) is 0. The molecule has 2 aliphatic rings. The lowest BCUT2D eigenvalue weighted by atomic mass is 9.55. The highest BCUT2D eigenvalue weighted by Gasteiger charge is 2.57. The minimum Gasteiger partial charge on any atom is -0.0594 e. The van der Waals surface area contributed by atoms with Crippen molar-refractivity contribution in [1.82, 2.24) is 0 Å². The van der Waals surface area contributed by atoms with Gasteiger partial charge in [0.25, 0.3) is 0 Å². The van der Waals surface area contributed by atoms with Gasteiger partial charge in [-0.25, -0.2) is 0 Å². The molecule has 0 aromatic rings. The van der Waals surface area contributed by atoms with E-state index in [0.29, 0.717) is 16.2 Å². The van der Waals surface area contributed by atoms with Crippen LogP contribution in [0.2, 0.25) is 0 Å². The van der Waals surface area contributed by atoms with Gasteiger partial charge in [-0.15, -0.1) is 0 Å². The maximum Gasteiger partial charge on any atom is -0.0241 e. The number of hydrogen-bond donors (Lipinski definition) is 0. The molecule has 0 amide bonds. The summed E-state index contributed by atoms with van der Waals surface area (Å²) < 4.78 is 0. The van der Waals surface area contributed by atoms with E-state index in [2.05, 4.69) is 27.7 Å². The van der Waals surface area contributed by atoms with Crippen LogP contribution in [-0.4, -0.2) is 0 Å². The van der Waals surface area contributed by atoms with Gasteiger partial charge in [0.2, 0.25) is 0 Å². The highest BCUT2D eigenvalue weighted by atomic mass is 14.6. The van der Waals surface area contributed by atoms with Crippen molar-refractivity contribution in [3.63, 3.8) is 0 Å². The van der Waals surface area contributed by atoms with E-state index < -0.39 is 0 Å². The zero-order valence-electron chi connectivity index (χ0n) is 10.4. The van der Waals surface area contributed by atoms with Crippen molar-refractivity contribution in [3.8, 4) is 0 Å². The topological polar surface area (TPSA) is 0 Å². The molecular formula is C14H26.